The minimum atomic E-state index is 1.12. The number of allylic oxidation sites excluding steroid dienone is 2. The van der Waals surface area contributed by atoms with E-state index in [4.69, 9.17) is 0 Å². The fourth-order valence-corrected chi connectivity index (χ4v) is 1.12. The van der Waals surface area contributed by atoms with Crippen LogP contribution in [0.25, 0.3) is 0 Å². The zero-order valence-corrected chi connectivity index (χ0v) is 6.61. The van der Waals surface area contributed by atoms with Crippen molar-refractivity contribution in [1.82, 2.24) is 0 Å². The molecule has 50 valence electrons. The Labute approximate surface area is 65.2 Å². The van der Waals surface area contributed by atoms with Gasteiger partial charge in [0.15, 0.2) is 0 Å². The Hall–Kier alpha value is -1.000. The van der Waals surface area contributed by atoms with E-state index in [1.165, 1.54) is 0 Å². The van der Waals surface area contributed by atoms with E-state index in [-0.39, 0.29) is 0 Å². The topological polar surface area (TPSA) is 0 Å². The lowest BCUT2D eigenvalue weighted by Gasteiger charge is -1.71. The summed E-state index contributed by atoms with van der Waals surface area (Å²) in [6.45, 7) is 1.96. The van der Waals surface area contributed by atoms with E-state index >= 15 is 0 Å². The van der Waals surface area contributed by atoms with E-state index in [0.717, 1.165) is 4.88 Å². The van der Waals surface area contributed by atoms with Crippen molar-refractivity contribution >= 4 is 11.3 Å². The smallest absolute Gasteiger partial charge is 0.0771 e. The SMILES string of the molecule is CC=CC#Cc1cccs1. The van der Waals surface area contributed by atoms with E-state index in [1.54, 1.807) is 11.3 Å². The molecule has 0 N–H and O–H groups in total. The molecule has 0 aliphatic rings. The van der Waals surface area contributed by atoms with E-state index in [1.807, 2.05) is 36.6 Å². The molecule has 1 aromatic rings. The van der Waals surface area contributed by atoms with Crippen LogP contribution in [0, 0.1) is 11.8 Å². The Morgan fingerprint density at radius 3 is 3.10 bits per heavy atom. The maximum atomic E-state index is 3.01. The first-order chi connectivity index (χ1) is 4.93. The molecule has 1 heterocycles. The molecule has 10 heavy (non-hydrogen) atoms. The van der Waals surface area contributed by atoms with Crippen molar-refractivity contribution in [3.05, 3.63) is 34.5 Å². The van der Waals surface area contributed by atoms with Crippen LogP contribution in [0.15, 0.2) is 29.7 Å². The Bertz CT molecular complexity index is 257. The molecule has 0 amide bonds. The third-order valence-corrected chi connectivity index (χ3v) is 1.75. The summed E-state index contributed by atoms with van der Waals surface area (Å²) in [5, 5.41) is 2.03. The molecule has 1 rings (SSSR count). The van der Waals surface area contributed by atoms with Crippen LogP contribution in [0.3, 0.4) is 0 Å². The zero-order valence-electron chi connectivity index (χ0n) is 5.79. The summed E-state index contributed by atoms with van der Waals surface area (Å²) in [6.07, 6.45) is 3.78. The first-order valence-electron chi connectivity index (χ1n) is 3.09. The molecular formula is C9H8S. The fourth-order valence-electron chi connectivity index (χ4n) is 0.546. The van der Waals surface area contributed by atoms with Gasteiger partial charge in [0, 0.05) is 0 Å². The second-order valence-corrected chi connectivity index (χ2v) is 2.69. The zero-order chi connectivity index (χ0) is 7.23. The summed E-state index contributed by atoms with van der Waals surface area (Å²) in [5.74, 6) is 5.92. The van der Waals surface area contributed by atoms with E-state index in [0.29, 0.717) is 0 Å². The quantitative estimate of drug-likeness (QED) is 0.496. The molecule has 0 aliphatic carbocycles. The van der Waals surface area contributed by atoms with Gasteiger partial charge in [-0.15, -0.1) is 11.3 Å². The van der Waals surface area contributed by atoms with Gasteiger partial charge in [-0.05, 0) is 24.4 Å². The molecule has 0 saturated carbocycles. The molecule has 0 nitrogen and oxygen atoms in total. The van der Waals surface area contributed by atoms with Gasteiger partial charge in [-0.3, -0.25) is 0 Å². The standard InChI is InChI=1S/C9H8S/c1-2-3-4-6-9-7-5-8-10-9/h2-3,5,7-8H,1H3. The van der Waals surface area contributed by atoms with Gasteiger partial charge >= 0.3 is 0 Å². The van der Waals surface area contributed by atoms with Crippen LogP contribution in [0.4, 0.5) is 0 Å². The summed E-state index contributed by atoms with van der Waals surface area (Å²) in [5.41, 5.74) is 0. The molecule has 0 unspecified atom stereocenters. The number of hydrogen-bond donors (Lipinski definition) is 0. The van der Waals surface area contributed by atoms with E-state index in [9.17, 15) is 0 Å². The average Bonchev–Trinajstić information content (AvgIpc) is 2.41. The fraction of sp³-hybridized carbons (Fsp3) is 0.111. The van der Waals surface area contributed by atoms with Crippen molar-refractivity contribution < 1.29 is 0 Å². The lowest BCUT2D eigenvalue weighted by atomic mass is 10.4. The van der Waals surface area contributed by atoms with Gasteiger partial charge in [0.25, 0.3) is 0 Å². The second kappa shape index (κ2) is 3.92. The Kier molecular flexibility index (Phi) is 2.79. The third kappa shape index (κ3) is 2.08. The molecule has 1 aromatic heterocycles. The van der Waals surface area contributed by atoms with Gasteiger partial charge in [0.2, 0.25) is 0 Å². The van der Waals surface area contributed by atoms with Gasteiger partial charge in [-0.1, -0.05) is 24.0 Å². The summed E-state index contributed by atoms with van der Waals surface area (Å²) in [6, 6.07) is 4.02. The largest absolute Gasteiger partial charge is 0.135 e. The van der Waals surface area contributed by atoms with Crippen LogP contribution in [-0.2, 0) is 0 Å². The Morgan fingerprint density at radius 2 is 2.50 bits per heavy atom. The lowest BCUT2D eigenvalue weighted by Crippen LogP contribution is -1.56. The van der Waals surface area contributed by atoms with Crippen LogP contribution >= 0.6 is 11.3 Å². The van der Waals surface area contributed by atoms with Crippen LogP contribution in [0.2, 0.25) is 0 Å². The van der Waals surface area contributed by atoms with E-state index < -0.39 is 0 Å². The highest BCUT2D eigenvalue weighted by molar-refractivity contribution is 7.10. The Morgan fingerprint density at radius 1 is 1.60 bits per heavy atom. The first kappa shape index (κ1) is 7.11. The van der Waals surface area contributed by atoms with Crippen molar-refractivity contribution in [3.63, 3.8) is 0 Å². The molecule has 0 bridgehead atoms. The molecule has 0 radical (unpaired) electrons. The summed E-state index contributed by atoms with van der Waals surface area (Å²) in [4.78, 5) is 1.12. The number of rotatable bonds is 0. The molecule has 0 spiro atoms. The molecule has 0 saturated heterocycles. The highest BCUT2D eigenvalue weighted by Crippen LogP contribution is 2.05. The van der Waals surface area contributed by atoms with Crippen molar-refractivity contribution in [2.24, 2.45) is 0 Å². The van der Waals surface area contributed by atoms with Gasteiger partial charge < -0.3 is 0 Å². The van der Waals surface area contributed by atoms with Crippen molar-refractivity contribution in [3.8, 4) is 11.8 Å². The van der Waals surface area contributed by atoms with Crippen LogP contribution in [0.1, 0.15) is 11.8 Å². The van der Waals surface area contributed by atoms with Crippen molar-refractivity contribution in [1.29, 1.82) is 0 Å². The Balaban J connectivity index is 2.66. The second-order valence-electron chi connectivity index (χ2n) is 1.75. The van der Waals surface area contributed by atoms with Crippen LogP contribution in [-0.4, -0.2) is 0 Å². The average molecular weight is 148 g/mol. The number of hydrogen-bond acceptors (Lipinski definition) is 1. The normalized spacial score (nSPS) is 9.30. The summed E-state index contributed by atoms with van der Waals surface area (Å²) < 4.78 is 0. The maximum Gasteiger partial charge on any atom is 0.0771 e. The maximum absolute atomic E-state index is 3.01. The van der Waals surface area contributed by atoms with E-state index in [2.05, 4.69) is 11.8 Å². The summed E-state index contributed by atoms with van der Waals surface area (Å²) in [7, 11) is 0. The lowest BCUT2D eigenvalue weighted by molar-refractivity contribution is 1.76. The first-order valence-corrected chi connectivity index (χ1v) is 3.97. The molecule has 0 fully saturated rings. The van der Waals surface area contributed by atoms with Gasteiger partial charge in [0.05, 0.1) is 4.88 Å². The highest BCUT2D eigenvalue weighted by Gasteiger charge is 1.81. The molecule has 0 aliphatic heterocycles. The molecular weight excluding hydrogens is 140 g/mol. The van der Waals surface area contributed by atoms with Gasteiger partial charge in [-0.2, -0.15) is 0 Å². The van der Waals surface area contributed by atoms with Crippen LogP contribution < -0.4 is 0 Å². The predicted molar refractivity (Wildman–Crippen MR) is 46.0 cm³/mol. The monoisotopic (exact) mass is 148 g/mol. The van der Waals surface area contributed by atoms with Crippen molar-refractivity contribution in [2.45, 2.75) is 6.92 Å². The highest BCUT2D eigenvalue weighted by atomic mass is 32.1. The third-order valence-electron chi connectivity index (χ3n) is 0.967. The van der Waals surface area contributed by atoms with Crippen LogP contribution in [0.5, 0.6) is 0 Å². The minimum absolute atomic E-state index is 1.12. The predicted octanol–water partition coefficient (Wildman–Crippen LogP) is 2.68. The molecule has 0 atom stereocenters. The van der Waals surface area contributed by atoms with Crippen molar-refractivity contribution in [2.75, 3.05) is 0 Å². The summed E-state index contributed by atoms with van der Waals surface area (Å²) >= 11 is 1.67. The minimum Gasteiger partial charge on any atom is -0.135 e. The number of thiophene rings is 1. The molecule has 1 heteroatoms. The van der Waals surface area contributed by atoms with Gasteiger partial charge in [0.1, 0.15) is 0 Å². The van der Waals surface area contributed by atoms with Gasteiger partial charge in [-0.25, -0.2) is 0 Å². The molecule has 0 aromatic carbocycles.